The van der Waals surface area contributed by atoms with E-state index in [1.165, 1.54) is 22.9 Å². The number of carbonyl (C=O) groups is 2. The van der Waals surface area contributed by atoms with Gasteiger partial charge < -0.3 is 4.74 Å². The van der Waals surface area contributed by atoms with E-state index in [-0.39, 0.29) is 17.8 Å². The van der Waals surface area contributed by atoms with Crippen LogP contribution in [0.25, 0.3) is 5.57 Å². The molecule has 2 aliphatic heterocycles. The summed E-state index contributed by atoms with van der Waals surface area (Å²) in [5.74, 6) is -2.39. The van der Waals surface area contributed by atoms with Gasteiger partial charge in [-0.3, -0.25) is 9.69 Å². The highest BCUT2D eigenvalue weighted by atomic mass is 19.1. The van der Waals surface area contributed by atoms with Gasteiger partial charge in [0.1, 0.15) is 24.3 Å². The number of cyclic esters (lactones) is 1. The van der Waals surface area contributed by atoms with Gasteiger partial charge in [0.05, 0.1) is 12.2 Å². The van der Waals surface area contributed by atoms with Crippen molar-refractivity contribution in [3.05, 3.63) is 84.0 Å². The summed E-state index contributed by atoms with van der Waals surface area (Å²) >= 11 is 0. The van der Waals surface area contributed by atoms with Crippen molar-refractivity contribution in [1.29, 1.82) is 0 Å². The molecule has 0 unspecified atom stereocenters. The molecule has 0 N–H and O–H groups in total. The molecule has 0 aliphatic carbocycles. The molecule has 2 aliphatic rings. The average molecular weight is 465 g/mol. The first-order chi connectivity index (χ1) is 16.5. The molecule has 0 saturated carbocycles. The number of nitrogens with zero attached hydrogens (tertiary/aromatic N) is 5. The maximum atomic E-state index is 15.0. The average Bonchev–Trinajstić information content (AvgIpc) is 3.43. The molecule has 0 bridgehead atoms. The Kier molecular flexibility index (Phi) is 5.89. The van der Waals surface area contributed by atoms with Crippen molar-refractivity contribution in [1.82, 2.24) is 19.7 Å². The third-order valence-electron chi connectivity index (χ3n) is 5.89. The van der Waals surface area contributed by atoms with Crippen molar-refractivity contribution in [2.24, 2.45) is 0 Å². The van der Waals surface area contributed by atoms with E-state index in [1.807, 2.05) is 36.4 Å². The summed E-state index contributed by atoms with van der Waals surface area (Å²) in [4.78, 5) is 31.6. The zero-order chi connectivity index (χ0) is 23.7. The van der Waals surface area contributed by atoms with Gasteiger partial charge in [0.15, 0.2) is 0 Å². The fourth-order valence-electron chi connectivity index (χ4n) is 4.22. The molecule has 0 radical (unpaired) electrons. The number of ether oxygens (including phenoxy) is 1. The minimum atomic E-state index is -1.16. The van der Waals surface area contributed by atoms with Crippen LogP contribution in [0.4, 0.5) is 19.3 Å². The number of benzene rings is 2. The Balaban J connectivity index is 1.32. The number of carbonyl (C=O) groups excluding carboxylic acids is 2. The number of hydrogen-bond donors (Lipinski definition) is 0. The Hall–Kier alpha value is -3.92. The topological polar surface area (TPSA) is 80.6 Å². The number of rotatable bonds is 6. The highest BCUT2D eigenvalue weighted by Gasteiger charge is 2.42. The van der Waals surface area contributed by atoms with Crippen LogP contribution in [0.5, 0.6) is 0 Å². The summed E-state index contributed by atoms with van der Waals surface area (Å²) in [7, 11) is 0. The molecule has 0 spiro atoms. The molecular weight excluding hydrogens is 444 g/mol. The van der Waals surface area contributed by atoms with Crippen LogP contribution in [0.3, 0.4) is 0 Å². The minimum Gasteiger partial charge on any atom is -0.433 e. The predicted molar refractivity (Wildman–Crippen MR) is 118 cm³/mol. The van der Waals surface area contributed by atoms with Gasteiger partial charge in [-0.15, -0.1) is 0 Å². The molecule has 5 rings (SSSR count). The number of halogens is 2. The molecule has 174 valence electrons. The van der Waals surface area contributed by atoms with Gasteiger partial charge in [-0.2, -0.15) is 5.10 Å². The van der Waals surface area contributed by atoms with Gasteiger partial charge in [0.25, 0.3) is 5.91 Å². The van der Waals surface area contributed by atoms with E-state index < -0.39 is 29.7 Å². The highest BCUT2D eigenvalue weighted by molar-refractivity contribution is 6.18. The third-order valence-corrected chi connectivity index (χ3v) is 5.89. The van der Waals surface area contributed by atoms with Crippen LogP contribution in [0.1, 0.15) is 17.5 Å². The zero-order valence-electron chi connectivity index (χ0n) is 18.1. The van der Waals surface area contributed by atoms with Crippen LogP contribution in [-0.2, 0) is 22.6 Å². The largest absolute Gasteiger partial charge is 0.433 e. The van der Waals surface area contributed by atoms with Gasteiger partial charge >= 0.3 is 6.09 Å². The summed E-state index contributed by atoms with van der Waals surface area (Å²) in [6, 6.07) is 12.0. The van der Waals surface area contributed by atoms with E-state index in [9.17, 15) is 9.59 Å². The number of amides is 2. The van der Waals surface area contributed by atoms with E-state index in [4.69, 9.17) is 4.74 Å². The van der Waals surface area contributed by atoms with Crippen LogP contribution < -0.4 is 4.90 Å². The first-order valence-electron chi connectivity index (χ1n) is 10.8. The summed E-state index contributed by atoms with van der Waals surface area (Å²) in [6.07, 6.45) is 2.80. The summed E-state index contributed by atoms with van der Waals surface area (Å²) < 4.78 is 36.5. The van der Waals surface area contributed by atoms with Gasteiger partial charge in [0.2, 0.25) is 6.10 Å². The van der Waals surface area contributed by atoms with E-state index in [2.05, 4.69) is 15.0 Å². The lowest BCUT2D eigenvalue weighted by Crippen LogP contribution is -2.33. The van der Waals surface area contributed by atoms with Crippen LogP contribution >= 0.6 is 0 Å². The Bertz CT molecular complexity index is 1220. The monoisotopic (exact) mass is 465 g/mol. The Morgan fingerprint density at radius 2 is 1.85 bits per heavy atom. The second kappa shape index (κ2) is 9.14. The fraction of sp³-hybridized carbons (Fsp3) is 0.250. The lowest BCUT2D eigenvalue weighted by Gasteiger charge is -2.27. The molecule has 8 nitrogen and oxygen atoms in total. The van der Waals surface area contributed by atoms with Crippen LogP contribution in [0, 0.1) is 11.6 Å². The lowest BCUT2D eigenvalue weighted by atomic mass is 9.97. The highest BCUT2D eigenvalue weighted by Crippen LogP contribution is 2.33. The van der Waals surface area contributed by atoms with Crippen molar-refractivity contribution in [3.63, 3.8) is 0 Å². The maximum absolute atomic E-state index is 15.0. The van der Waals surface area contributed by atoms with Crippen molar-refractivity contribution in [2.75, 3.05) is 18.0 Å². The quantitative estimate of drug-likeness (QED) is 0.555. The van der Waals surface area contributed by atoms with Crippen molar-refractivity contribution >= 4 is 23.3 Å². The smallest absolute Gasteiger partial charge is 0.422 e. The predicted octanol–water partition coefficient (Wildman–Crippen LogP) is 3.40. The van der Waals surface area contributed by atoms with Crippen molar-refractivity contribution in [3.8, 4) is 0 Å². The number of anilines is 1. The van der Waals surface area contributed by atoms with E-state index in [0.29, 0.717) is 30.0 Å². The molecule has 2 aromatic carbocycles. The fourth-order valence-corrected chi connectivity index (χ4v) is 4.22. The Morgan fingerprint density at radius 3 is 2.50 bits per heavy atom. The van der Waals surface area contributed by atoms with Gasteiger partial charge in [-0.05, 0) is 29.7 Å². The second-order valence-electron chi connectivity index (χ2n) is 8.15. The standard InChI is InChI=1S/C24H21F2N5O3/c25-19-10-18(31-23(32)21(34-24(31)33)13-30-15-27-14-28-30)11-20(26)22(19)17-6-8-29(9-7-17)12-16-4-2-1-3-5-16/h1-6,10-11,14-15,21H,7-9,12-13H2/t21-/m1/s1. The molecule has 1 fully saturated rings. The van der Waals surface area contributed by atoms with E-state index in [1.54, 1.807) is 0 Å². The van der Waals surface area contributed by atoms with Gasteiger partial charge in [0, 0.05) is 25.2 Å². The molecule has 1 atom stereocenters. The maximum Gasteiger partial charge on any atom is 0.422 e. The molecule has 34 heavy (non-hydrogen) atoms. The minimum absolute atomic E-state index is 0.0452. The van der Waals surface area contributed by atoms with Crippen molar-refractivity contribution < 1.29 is 23.1 Å². The van der Waals surface area contributed by atoms with Gasteiger partial charge in [-0.1, -0.05) is 36.4 Å². The number of aromatic nitrogens is 3. The van der Waals surface area contributed by atoms with Crippen molar-refractivity contribution in [2.45, 2.75) is 25.6 Å². The molecule has 2 amide bonds. The Labute approximate surface area is 194 Å². The normalized spacial score (nSPS) is 18.8. The Morgan fingerprint density at radius 1 is 1.09 bits per heavy atom. The van der Waals surface area contributed by atoms with Crippen LogP contribution in [0.2, 0.25) is 0 Å². The van der Waals surface area contributed by atoms with E-state index >= 15 is 8.78 Å². The molecule has 3 aromatic rings. The number of imide groups is 1. The SMILES string of the molecule is O=C1O[C@H](Cn2cncn2)C(=O)N1c1cc(F)c(C2=CCN(Cc3ccccc3)CC2)c(F)c1. The summed E-state index contributed by atoms with van der Waals surface area (Å²) in [5.41, 5.74) is 1.38. The zero-order valence-corrected chi connectivity index (χ0v) is 18.1. The van der Waals surface area contributed by atoms with Gasteiger partial charge in [-0.25, -0.2) is 28.1 Å². The molecule has 1 saturated heterocycles. The first-order valence-corrected chi connectivity index (χ1v) is 10.8. The number of hydrogen-bond acceptors (Lipinski definition) is 6. The lowest BCUT2D eigenvalue weighted by molar-refractivity contribution is -0.122. The molecule has 1 aromatic heterocycles. The summed E-state index contributed by atoms with van der Waals surface area (Å²) in [6.45, 7) is 1.92. The summed E-state index contributed by atoms with van der Waals surface area (Å²) in [5, 5.41) is 3.87. The second-order valence-corrected chi connectivity index (χ2v) is 8.15. The molecule has 10 heteroatoms. The van der Waals surface area contributed by atoms with Crippen LogP contribution in [0.15, 0.2) is 61.2 Å². The third kappa shape index (κ3) is 4.32. The first kappa shape index (κ1) is 21.9. The van der Waals surface area contributed by atoms with E-state index in [0.717, 1.165) is 18.7 Å². The molecular formula is C24H21F2N5O3. The molecule has 3 heterocycles. The van der Waals surface area contributed by atoms with Crippen LogP contribution in [-0.4, -0.2) is 50.9 Å².